The molecular formula is C19H17N3O. The lowest BCUT2D eigenvalue weighted by Crippen LogP contribution is -2.25. The summed E-state index contributed by atoms with van der Waals surface area (Å²) in [5, 5.41) is 5.19. The van der Waals surface area contributed by atoms with Gasteiger partial charge in [-0.3, -0.25) is 4.79 Å². The Hall–Kier alpha value is -3.01. The van der Waals surface area contributed by atoms with E-state index < -0.39 is 0 Å². The van der Waals surface area contributed by atoms with Gasteiger partial charge in [-0.2, -0.15) is 0 Å². The Morgan fingerprint density at radius 1 is 0.913 bits per heavy atom. The Labute approximate surface area is 133 Å². The third kappa shape index (κ3) is 2.48. The molecule has 0 bridgehead atoms. The second-order valence-corrected chi connectivity index (χ2v) is 5.61. The van der Waals surface area contributed by atoms with Crippen LogP contribution in [-0.2, 0) is 6.42 Å². The van der Waals surface area contributed by atoms with E-state index in [4.69, 9.17) is 0 Å². The van der Waals surface area contributed by atoms with E-state index in [0.717, 1.165) is 22.8 Å². The number of hydrogen-bond donors (Lipinski definition) is 3. The lowest BCUT2D eigenvalue weighted by Gasteiger charge is -2.06. The summed E-state index contributed by atoms with van der Waals surface area (Å²) in [5.41, 5.74) is 4.05. The van der Waals surface area contributed by atoms with Crippen molar-refractivity contribution >= 4 is 27.7 Å². The van der Waals surface area contributed by atoms with E-state index in [2.05, 4.69) is 27.4 Å². The second-order valence-electron chi connectivity index (χ2n) is 5.61. The number of hydrogen-bond acceptors (Lipinski definition) is 1. The zero-order valence-electron chi connectivity index (χ0n) is 12.6. The van der Waals surface area contributed by atoms with Crippen LogP contribution in [0.2, 0.25) is 0 Å². The summed E-state index contributed by atoms with van der Waals surface area (Å²) >= 11 is 0. The molecule has 0 saturated heterocycles. The molecule has 1 amide bonds. The molecule has 2 heterocycles. The highest BCUT2D eigenvalue weighted by molar-refractivity contribution is 6.06. The predicted molar refractivity (Wildman–Crippen MR) is 92.6 cm³/mol. The molecule has 4 nitrogen and oxygen atoms in total. The minimum atomic E-state index is -0.0324. The normalized spacial score (nSPS) is 11.1. The molecule has 0 saturated carbocycles. The van der Waals surface area contributed by atoms with Crippen LogP contribution >= 0.6 is 0 Å². The summed E-state index contributed by atoms with van der Waals surface area (Å²) in [7, 11) is 0. The lowest BCUT2D eigenvalue weighted by molar-refractivity contribution is 0.0956. The molecule has 2 aromatic carbocycles. The number of carbonyl (C=O) groups is 1. The van der Waals surface area contributed by atoms with Crippen LogP contribution in [0.25, 0.3) is 21.8 Å². The molecule has 23 heavy (non-hydrogen) atoms. The van der Waals surface area contributed by atoms with Crippen molar-refractivity contribution in [3.05, 3.63) is 72.1 Å². The molecule has 4 heteroatoms. The minimum Gasteiger partial charge on any atom is -0.361 e. The van der Waals surface area contributed by atoms with Crippen LogP contribution in [0.15, 0.2) is 60.9 Å². The third-order valence-electron chi connectivity index (χ3n) is 4.19. The fraction of sp³-hybridized carbons (Fsp3) is 0.105. The monoisotopic (exact) mass is 303 g/mol. The van der Waals surface area contributed by atoms with Gasteiger partial charge in [0.05, 0.1) is 0 Å². The summed E-state index contributed by atoms with van der Waals surface area (Å²) in [5.74, 6) is -0.0324. The van der Waals surface area contributed by atoms with Crippen molar-refractivity contribution in [1.82, 2.24) is 15.3 Å². The van der Waals surface area contributed by atoms with Crippen molar-refractivity contribution in [3.8, 4) is 0 Å². The van der Waals surface area contributed by atoms with Crippen LogP contribution in [0.4, 0.5) is 0 Å². The summed E-state index contributed by atoms with van der Waals surface area (Å²) < 4.78 is 0. The van der Waals surface area contributed by atoms with Crippen LogP contribution in [0.5, 0.6) is 0 Å². The van der Waals surface area contributed by atoms with Crippen molar-refractivity contribution in [2.45, 2.75) is 6.42 Å². The van der Waals surface area contributed by atoms with Gasteiger partial charge >= 0.3 is 0 Å². The van der Waals surface area contributed by atoms with Gasteiger partial charge in [0, 0.05) is 46.3 Å². The lowest BCUT2D eigenvalue weighted by atomic mass is 10.1. The first-order valence-corrected chi connectivity index (χ1v) is 7.72. The van der Waals surface area contributed by atoms with Gasteiger partial charge in [0.15, 0.2) is 0 Å². The Kier molecular flexibility index (Phi) is 3.35. The molecule has 0 fully saturated rings. The summed E-state index contributed by atoms with van der Waals surface area (Å²) in [6.45, 7) is 0.613. The Morgan fingerprint density at radius 3 is 2.70 bits per heavy atom. The number of aromatic amines is 2. The maximum Gasteiger partial charge on any atom is 0.251 e. The van der Waals surface area contributed by atoms with Gasteiger partial charge in [0.2, 0.25) is 0 Å². The Bertz CT molecular complexity index is 980. The van der Waals surface area contributed by atoms with E-state index in [1.54, 1.807) is 0 Å². The molecule has 0 aliphatic rings. The summed E-state index contributed by atoms with van der Waals surface area (Å²) in [6, 6.07) is 15.9. The van der Waals surface area contributed by atoms with Crippen molar-refractivity contribution < 1.29 is 4.79 Å². The first kappa shape index (κ1) is 13.6. The van der Waals surface area contributed by atoms with Gasteiger partial charge < -0.3 is 15.3 Å². The predicted octanol–water partition coefficient (Wildman–Crippen LogP) is 3.62. The van der Waals surface area contributed by atoms with Gasteiger partial charge in [-0.1, -0.05) is 24.3 Å². The first-order chi connectivity index (χ1) is 11.3. The molecule has 4 rings (SSSR count). The Morgan fingerprint density at radius 2 is 1.74 bits per heavy atom. The van der Waals surface area contributed by atoms with Gasteiger partial charge in [-0.05, 0) is 36.2 Å². The molecule has 0 aliphatic carbocycles. The van der Waals surface area contributed by atoms with Crippen molar-refractivity contribution in [2.75, 3.05) is 6.54 Å². The van der Waals surface area contributed by atoms with E-state index >= 15 is 0 Å². The quantitative estimate of drug-likeness (QED) is 0.530. The highest BCUT2D eigenvalue weighted by atomic mass is 16.1. The topological polar surface area (TPSA) is 60.7 Å². The van der Waals surface area contributed by atoms with E-state index in [9.17, 15) is 4.79 Å². The standard InChI is InChI=1S/C19H17N3O/c23-19(16-5-3-7-18-15(16)9-11-20-18)21-10-8-13-12-22-17-6-2-1-4-14(13)17/h1-7,9,11-12,20,22H,8,10H2,(H,21,23). The maximum absolute atomic E-state index is 12.4. The second kappa shape index (κ2) is 5.65. The number of benzene rings is 2. The number of fused-ring (bicyclic) bond motifs is 2. The van der Waals surface area contributed by atoms with Crippen molar-refractivity contribution in [1.29, 1.82) is 0 Å². The van der Waals surface area contributed by atoms with Gasteiger partial charge in [0.25, 0.3) is 5.91 Å². The zero-order valence-corrected chi connectivity index (χ0v) is 12.6. The molecule has 2 aromatic heterocycles. The highest BCUT2D eigenvalue weighted by Crippen LogP contribution is 2.19. The zero-order chi connectivity index (χ0) is 15.6. The third-order valence-corrected chi connectivity index (χ3v) is 4.19. The molecule has 0 radical (unpaired) electrons. The van der Waals surface area contributed by atoms with Crippen LogP contribution in [-0.4, -0.2) is 22.4 Å². The number of aromatic nitrogens is 2. The van der Waals surface area contributed by atoms with E-state index in [-0.39, 0.29) is 5.91 Å². The van der Waals surface area contributed by atoms with Crippen LogP contribution in [0, 0.1) is 0 Å². The van der Waals surface area contributed by atoms with Crippen molar-refractivity contribution in [2.24, 2.45) is 0 Å². The number of nitrogens with one attached hydrogen (secondary N) is 3. The fourth-order valence-corrected chi connectivity index (χ4v) is 3.03. The average molecular weight is 303 g/mol. The molecule has 0 atom stereocenters. The first-order valence-electron chi connectivity index (χ1n) is 7.72. The summed E-state index contributed by atoms with van der Waals surface area (Å²) in [6.07, 6.45) is 4.68. The fourth-order valence-electron chi connectivity index (χ4n) is 3.03. The van der Waals surface area contributed by atoms with E-state index in [1.807, 2.05) is 48.8 Å². The minimum absolute atomic E-state index is 0.0324. The molecule has 114 valence electrons. The molecular weight excluding hydrogens is 286 g/mol. The van der Waals surface area contributed by atoms with Crippen LogP contribution in [0.3, 0.4) is 0 Å². The number of para-hydroxylation sites is 1. The van der Waals surface area contributed by atoms with Gasteiger partial charge in [-0.15, -0.1) is 0 Å². The smallest absolute Gasteiger partial charge is 0.251 e. The SMILES string of the molecule is O=C(NCCc1c[nH]c2ccccc12)c1cccc2[nH]ccc12. The van der Waals surface area contributed by atoms with Crippen LogP contribution in [0.1, 0.15) is 15.9 Å². The maximum atomic E-state index is 12.4. The van der Waals surface area contributed by atoms with E-state index in [0.29, 0.717) is 12.1 Å². The van der Waals surface area contributed by atoms with Gasteiger partial charge in [-0.25, -0.2) is 0 Å². The molecule has 0 spiro atoms. The Balaban J connectivity index is 1.47. The average Bonchev–Trinajstić information content (AvgIpc) is 3.21. The molecule has 3 N–H and O–H groups in total. The van der Waals surface area contributed by atoms with Crippen LogP contribution < -0.4 is 5.32 Å². The molecule has 0 unspecified atom stereocenters. The van der Waals surface area contributed by atoms with Gasteiger partial charge in [0.1, 0.15) is 0 Å². The number of H-pyrrole nitrogens is 2. The number of rotatable bonds is 4. The largest absolute Gasteiger partial charge is 0.361 e. The highest BCUT2D eigenvalue weighted by Gasteiger charge is 2.10. The van der Waals surface area contributed by atoms with E-state index in [1.165, 1.54) is 10.9 Å². The summed E-state index contributed by atoms with van der Waals surface area (Å²) in [4.78, 5) is 18.8. The number of carbonyl (C=O) groups excluding carboxylic acids is 1. The molecule has 4 aromatic rings. The van der Waals surface area contributed by atoms with Crippen molar-refractivity contribution in [3.63, 3.8) is 0 Å². The number of amides is 1. The molecule has 0 aliphatic heterocycles.